The zero-order chi connectivity index (χ0) is 37.1. The summed E-state index contributed by atoms with van der Waals surface area (Å²) in [5, 5.41) is 5.46. The van der Waals surface area contributed by atoms with Crippen LogP contribution in [0.3, 0.4) is 0 Å². The number of hydrogen-bond donors (Lipinski definition) is 0. The third-order valence-corrected chi connectivity index (χ3v) is 9.21. The van der Waals surface area contributed by atoms with E-state index in [1.165, 1.54) is 89.4 Å². The van der Waals surface area contributed by atoms with E-state index in [2.05, 4.69) is 199 Å². The first-order valence-corrected chi connectivity index (χ1v) is 22.3. The molecule has 0 unspecified atom stereocenters. The van der Waals surface area contributed by atoms with Gasteiger partial charge in [-0.25, -0.2) is 0 Å². The Kier molecular flexibility index (Phi) is 19.9. The molecule has 0 aliphatic carbocycles. The number of fused-ring (bicyclic) bond motifs is 2. The van der Waals surface area contributed by atoms with Crippen molar-refractivity contribution < 1.29 is 23.3 Å². The van der Waals surface area contributed by atoms with Crippen LogP contribution in [0.25, 0.3) is 43.8 Å². The van der Waals surface area contributed by atoms with Crippen molar-refractivity contribution >= 4 is 53.2 Å². The van der Waals surface area contributed by atoms with Gasteiger partial charge in [0.15, 0.2) is 0 Å². The maximum absolute atomic E-state index is 3.06. The second kappa shape index (κ2) is 20.8. The van der Waals surface area contributed by atoms with Gasteiger partial charge in [0.1, 0.15) is 0 Å². The topological polar surface area (TPSA) is 0 Å². The van der Waals surface area contributed by atoms with Crippen LogP contribution in [-0.2, 0) is 47.0 Å². The van der Waals surface area contributed by atoms with Gasteiger partial charge in [-0.15, -0.1) is 93.9 Å². The van der Waals surface area contributed by atoms with E-state index in [-0.39, 0.29) is 50.5 Å². The van der Waals surface area contributed by atoms with Crippen LogP contribution in [-0.4, -0.2) is 6.88 Å². The summed E-state index contributed by atoms with van der Waals surface area (Å²) in [6.45, 7) is 30.5. The average Bonchev–Trinajstić information content (AvgIpc) is 3.62. The molecule has 6 rings (SSSR count). The molecule has 4 heteroatoms. The van der Waals surface area contributed by atoms with Crippen LogP contribution in [0.4, 0.5) is 0 Å². The first-order chi connectivity index (χ1) is 23.3. The number of benzene rings is 4. The van der Waals surface area contributed by atoms with Crippen molar-refractivity contribution in [3.63, 3.8) is 0 Å². The maximum atomic E-state index is 3.06. The summed E-state index contributed by atoms with van der Waals surface area (Å²) in [4.78, 5) is 0. The van der Waals surface area contributed by atoms with Gasteiger partial charge in [0.2, 0.25) is 0 Å². The van der Waals surface area contributed by atoms with Gasteiger partial charge in [-0.2, -0.15) is 12.1 Å². The normalized spacial score (nSPS) is 11.4. The van der Waals surface area contributed by atoms with Gasteiger partial charge < -0.3 is 14.9 Å². The van der Waals surface area contributed by atoms with Crippen LogP contribution in [0.1, 0.15) is 105 Å². The van der Waals surface area contributed by atoms with Crippen molar-refractivity contribution in [2.45, 2.75) is 107 Å². The minimum atomic E-state index is 0. The standard InChI is InChI=1S/2C24H29.2CH3.2ClH.Si.Zr/c2*1-23(2,3)16-17-14-19-8-7-9-21(22(19)15-17)18-10-12-20(13-11-18)24(4,5)6;;;;;;/h2*7-15H,16H2,1-6H3;2*1H3;2*1H;;/q4*-1;;;;. The molecule has 0 N–H and O–H groups in total. The summed E-state index contributed by atoms with van der Waals surface area (Å²) >= 11 is 1.36. The predicted molar refractivity (Wildman–Crippen MR) is 247 cm³/mol. The molecule has 0 aliphatic heterocycles. The fourth-order valence-electron chi connectivity index (χ4n) is 6.83. The van der Waals surface area contributed by atoms with Gasteiger partial charge in [-0.05, 0) is 56.8 Å². The third-order valence-electron chi connectivity index (χ3n) is 9.21. The molecular weight excluding hydrogens is 791 g/mol. The second-order valence-corrected chi connectivity index (χ2v) is 18.5. The van der Waals surface area contributed by atoms with E-state index in [4.69, 9.17) is 0 Å². The van der Waals surface area contributed by atoms with Crippen molar-refractivity contribution in [3.8, 4) is 22.3 Å². The van der Waals surface area contributed by atoms with Crippen LogP contribution in [0.5, 0.6) is 0 Å². The molecule has 0 saturated heterocycles. The van der Waals surface area contributed by atoms with Crippen molar-refractivity contribution in [2.24, 2.45) is 10.8 Å². The Bertz CT molecular complexity index is 1850. The zero-order valence-corrected chi connectivity index (χ0v) is 40.7. The Balaban J connectivity index is 0.000000929. The van der Waals surface area contributed by atoms with E-state index < -0.39 is 0 Å². The fraction of sp³-hybridized carbons (Fsp3) is 0.360. The van der Waals surface area contributed by atoms with Gasteiger partial charge in [-0.3, -0.25) is 0 Å². The van der Waals surface area contributed by atoms with Crippen LogP contribution in [0, 0.1) is 25.7 Å². The first kappa shape index (κ1) is 51.8. The molecule has 292 valence electrons. The molecule has 0 bridgehead atoms. The summed E-state index contributed by atoms with van der Waals surface area (Å²) in [6.07, 6.45) is 2.23. The van der Waals surface area contributed by atoms with Crippen LogP contribution < -0.4 is 0 Å². The Morgan fingerprint density at radius 1 is 0.463 bits per heavy atom. The Hall–Kier alpha value is -2.22. The Morgan fingerprint density at radius 3 is 1.02 bits per heavy atom. The molecule has 0 nitrogen and oxygen atoms in total. The average molecular weight is 857 g/mol. The number of rotatable bonds is 4. The van der Waals surface area contributed by atoms with E-state index in [1.807, 2.05) is 0 Å². The van der Waals surface area contributed by atoms with Crippen LogP contribution in [0.2, 0.25) is 0 Å². The van der Waals surface area contributed by atoms with Crippen molar-refractivity contribution in [1.29, 1.82) is 0 Å². The molecule has 0 atom stereocenters. The van der Waals surface area contributed by atoms with E-state index in [1.54, 1.807) is 0 Å². The number of halogens is 2. The van der Waals surface area contributed by atoms with Gasteiger partial charge >= 0.3 is 30.2 Å². The van der Waals surface area contributed by atoms with Gasteiger partial charge in [0.05, 0.1) is 0 Å². The third kappa shape index (κ3) is 14.1. The Morgan fingerprint density at radius 2 is 0.759 bits per heavy atom. The molecule has 2 radical (unpaired) electrons. The van der Waals surface area contributed by atoms with Crippen molar-refractivity contribution in [1.82, 2.24) is 0 Å². The van der Waals surface area contributed by atoms with Crippen LogP contribution in [0.15, 0.2) is 109 Å². The van der Waals surface area contributed by atoms with Crippen LogP contribution >= 0.6 is 24.8 Å². The zero-order valence-electron chi connectivity index (χ0n) is 35.6. The van der Waals surface area contributed by atoms with Crippen molar-refractivity contribution in [2.75, 3.05) is 0 Å². The molecule has 0 aliphatic rings. The van der Waals surface area contributed by atoms with Crippen molar-refractivity contribution in [3.05, 3.63) is 146 Å². The molecule has 0 spiro atoms. The molecular formula is C50H66Cl2SiZr-4. The quantitative estimate of drug-likeness (QED) is 0.122. The molecule has 6 aromatic carbocycles. The first-order valence-electron chi connectivity index (χ1n) is 18.1. The Labute approximate surface area is 360 Å². The molecule has 0 saturated carbocycles. The van der Waals surface area contributed by atoms with E-state index in [0.717, 1.165) is 12.8 Å². The second-order valence-electron chi connectivity index (χ2n) is 18.5. The molecule has 54 heavy (non-hydrogen) atoms. The van der Waals surface area contributed by atoms with E-state index >= 15 is 0 Å². The predicted octanol–water partition coefficient (Wildman–Crippen LogP) is 15.6. The molecule has 0 heterocycles. The molecule has 0 aromatic heterocycles. The summed E-state index contributed by atoms with van der Waals surface area (Å²) < 4.78 is 0. The van der Waals surface area contributed by atoms with Gasteiger partial charge in [0, 0.05) is 0 Å². The molecule has 6 aromatic rings. The fourth-order valence-corrected chi connectivity index (χ4v) is 6.83. The summed E-state index contributed by atoms with van der Waals surface area (Å²) in [5.74, 6) is 0. The summed E-state index contributed by atoms with van der Waals surface area (Å²) in [7, 11) is 0. The summed E-state index contributed by atoms with van der Waals surface area (Å²) in [5.41, 5.74) is 12.0. The van der Waals surface area contributed by atoms with Gasteiger partial charge in [0.25, 0.3) is 0 Å². The monoisotopic (exact) mass is 854 g/mol. The molecule has 0 amide bonds. The minimum absolute atomic E-state index is 0. The van der Waals surface area contributed by atoms with E-state index in [0.29, 0.717) is 10.8 Å². The molecule has 0 fully saturated rings. The van der Waals surface area contributed by atoms with Gasteiger partial charge in [-0.1, -0.05) is 155 Å². The number of hydrogen-bond acceptors (Lipinski definition) is 0. The SMILES string of the molecule is CC(C)(C)Cc1cc2c(-c3ccc(C(C)(C)C)cc3)cccc2[cH-]1.CC(C)(C)Cc1cc2c(-c3ccc(C(C)(C)C)cc3)cccc2[cH-]1.Cl.Cl.[CH3-].[CH3-].[Si]=[Zr]. The van der Waals surface area contributed by atoms with E-state index in [9.17, 15) is 0 Å². The summed E-state index contributed by atoms with van der Waals surface area (Å²) in [6, 6.07) is 40.9.